The van der Waals surface area contributed by atoms with Crippen molar-refractivity contribution < 1.29 is 4.79 Å². The Morgan fingerprint density at radius 1 is 1.09 bits per heavy atom. The Morgan fingerprint density at radius 2 is 1.77 bits per heavy atom. The van der Waals surface area contributed by atoms with E-state index < -0.39 is 0 Å². The molecular weight excluding hydrogens is 270 g/mol. The number of nitrogens with one attached hydrogen (secondary N) is 1. The molecule has 0 radical (unpaired) electrons. The summed E-state index contributed by atoms with van der Waals surface area (Å²) < 4.78 is 0. The summed E-state index contributed by atoms with van der Waals surface area (Å²) in [5, 5.41) is 1.13. The second kappa shape index (κ2) is 6.68. The van der Waals surface area contributed by atoms with Gasteiger partial charge in [0.05, 0.1) is 0 Å². The van der Waals surface area contributed by atoms with Gasteiger partial charge in [0.15, 0.2) is 5.78 Å². The first-order valence-corrected chi connectivity index (χ1v) is 8.76. The maximum absolute atomic E-state index is 12.8. The molecule has 118 valence electrons. The molecule has 0 bridgehead atoms. The number of ketones is 1. The van der Waals surface area contributed by atoms with Crippen LogP contribution in [0.1, 0.15) is 72.9 Å². The lowest BCUT2D eigenvalue weighted by Crippen LogP contribution is -2.10. The summed E-state index contributed by atoms with van der Waals surface area (Å²) in [6, 6.07) is 4.30. The second-order valence-electron chi connectivity index (χ2n) is 7.05. The number of hydrogen-bond acceptors (Lipinski definition) is 1. The largest absolute Gasteiger partial charge is 0.360 e. The maximum Gasteiger partial charge on any atom is 0.165 e. The van der Waals surface area contributed by atoms with E-state index in [-0.39, 0.29) is 0 Å². The Morgan fingerprint density at radius 3 is 2.50 bits per heavy atom. The first kappa shape index (κ1) is 15.3. The van der Waals surface area contributed by atoms with E-state index in [9.17, 15) is 4.79 Å². The SMILES string of the molecule is Cc1cc(C)c2c(C(=O)CC3CCCCCCC3)c[nH]c2c1. The summed E-state index contributed by atoms with van der Waals surface area (Å²) >= 11 is 0. The van der Waals surface area contributed by atoms with Gasteiger partial charge >= 0.3 is 0 Å². The summed E-state index contributed by atoms with van der Waals surface area (Å²) in [5.74, 6) is 0.910. The highest BCUT2D eigenvalue weighted by Crippen LogP contribution is 2.29. The van der Waals surface area contributed by atoms with Crippen LogP contribution in [0.25, 0.3) is 10.9 Å². The number of benzene rings is 1. The minimum absolute atomic E-state index is 0.323. The summed E-state index contributed by atoms with van der Waals surface area (Å²) in [7, 11) is 0. The van der Waals surface area contributed by atoms with Gasteiger partial charge < -0.3 is 4.98 Å². The average molecular weight is 297 g/mol. The van der Waals surface area contributed by atoms with Gasteiger partial charge in [-0.1, -0.05) is 51.0 Å². The normalized spacial score (nSPS) is 17.4. The molecule has 2 heteroatoms. The van der Waals surface area contributed by atoms with Crippen molar-refractivity contribution in [1.29, 1.82) is 0 Å². The van der Waals surface area contributed by atoms with E-state index in [0.717, 1.165) is 22.9 Å². The predicted octanol–water partition coefficient (Wildman–Crippen LogP) is 5.72. The van der Waals surface area contributed by atoms with Gasteiger partial charge in [-0.2, -0.15) is 0 Å². The quantitative estimate of drug-likeness (QED) is 0.722. The van der Waals surface area contributed by atoms with Crippen LogP contribution in [-0.2, 0) is 0 Å². The van der Waals surface area contributed by atoms with Crippen molar-refractivity contribution in [3.63, 3.8) is 0 Å². The van der Waals surface area contributed by atoms with Crippen molar-refractivity contribution in [2.24, 2.45) is 5.92 Å². The third-order valence-corrected chi connectivity index (χ3v) is 5.12. The lowest BCUT2D eigenvalue weighted by molar-refractivity contribution is 0.0955. The van der Waals surface area contributed by atoms with Gasteiger partial charge in [0.1, 0.15) is 0 Å². The topological polar surface area (TPSA) is 32.9 Å². The molecule has 0 spiro atoms. The number of aromatic amines is 1. The zero-order valence-electron chi connectivity index (χ0n) is 13.9. The zero-order valence-corrected chi connectivity index (χ0v) is 13.9. The van der Waals surface area contributed by atoms with E-state index in [0.29, 0.717) is 11.7 Å². The van der Waals surface area contributed by atoms with Crippen LogP contribution in [0.5, 0.6) is 0 Å². The molecule has 1 N–H and O–H groups in total. The fourth-order valence-corrected chi connectivity index (χ4v) is 4.00. The van der Waals surface area contributed by atoms with E-state index in [2.05, 4.69) is 31.0 Å². The first-order valence-electron chi connectivity index (χ1n) is 8.76. The zero-order chi connectivity index (χ0) is 15.5. The van der Waals surface area contributed by atoms with Crippen LogP contribution >= 0.6 is 0 Å². The van der Waals surface area contributed by atoms with Gasteiger partial charge in [0.2, 0.25) is 0 Å². The molecule has 1 aromatic heterocycles. The number of aromatic nitrogens is 1. The Balaban J connectivity index is 1.80. The van der Waals surface area contributed by atoms with E-state index >= 15 is 0 Å². The summed E-state index contributed by atoms with van der Waals surface area (Å²) in [6.07, 6.45) is 11.8. The van der Waals surface area contributed by atoms with Crippen molar-refractivity contribution >= 4 is 16.7 Å². The van der Waals surface area contributed by atoms with Crippen LogP contribution in [0, 0.1) is 19.8 Å². The van der Waals surface area contributed by atoms with Crippen LogP contribution in [0.15, 0.2) is 18.3 Å². The van der Waals surface area contributed by atoms with E-state index in [1.165, 1.54) is 56.1 Å². The van der Waals surface area contributed by atoms with Crippen LogP contribution in [-0.4, -0.2) is 10.8 Å². The molecule has 0 aliphatic heterocycles. The number of fused-ring (bicyclic) bond motifs is 1. The maximum atomic E-state index is 12.8. The third kappa shape index (κ3) is 3.26. The van der Waals surface area contributed by atoms with Gasteiger partial charge in [-0.15, -0.1) is 0 Å². The third-order valence-electron chi connectivity index (χ3n) is 5.12. The minimum atomic E-state index is 0.323. The monoisotopic (exact) mass is 297 g/mol. The fourth-order valence-electron chi connectivity index (χ4n) is 4.00. The van der Waals surface area contributed by atoms with Crippen molar-refractivity contribution in [1.82, 2.24) is 4.98 Å². The number of carbonyl (C=O) groups is 1. The summed E-state index contributed by atoms with van der Waals surface area (Å²) in [5.41, 5.74) is 4.44. The molecule has 1 fully saturated rings. The Hall–Kier alpha value is -1.57. The number of Topliss-reactive ketones (excluding diaryl/α,β-unsaturated/α-hetero) is 1. The highest BCUT2D eigenvalue weighted by atomic mass is 16.1. The molecule has 1 saturated carbocycles. The Labute approximate surface area is 133 Å². The number of carbonyl (C=O) groups excluding carboxylic acids is 1. The Bertz CT molecular complexity index is 660. The van der Waals surface area contributed by atoms with E-state index in [1.807, 2.05) is 6.20 Å². The molecule has 1 aromatic carbocycles. The van der Waals surface area contributed by atoms with Crippen LogP contribution in [0.3, 0.4) is 0 Å². The highest BCUT2D eigenvalue weighted by molar-refractivity contribution is 6.09. The number of hydrogen-bond donors (Lipinski definition) is 1. The molecule has 1 aliphatic rings. The molecule has 2 nitrogen and oxygen atoms in total. The van der Waals surface area contributed by atoms with Gasteiger partial charge in [0.25, 0.3) is 0 Å². The number of aryl methyl sites for hydroxylation is 2. The lowest BCUT2D eigenvalue weighted by atomic mass is 9.86. The van der Waals surface area contributed by atoms with Crippen LogP contribution in [0.2, 0.25) is 0 Å². The van der Waals surface area contributed by atoms with Gasteiger partial charge in [-0.25, -0.2) is 0 Å². The summed E-state index contributed by atoms with van der Waals surface area (Å²) in [6.45, 7) is 4.21. The van der Waals surface area contributed by atoms with Crippen LogP contribution in [0.4, 0.5) is 0 Å². The standard InChI is InChI=1S/C20H27NO/c1-14-10-15(2)20-17(13-21-18(20)11-14)19(22)12-16-8-6-4-3-5-7-9-16/h10-11,13,16,21H,3-9,12H2,1-2H3. The van der Waals surface area contributed by atoms with E-state index in [4.69, 9.17) is 0 Å². The van der Waals surface area contributed by atoms with Crippen molar-refractivity contribution in [3.05, 3.63) is 35.0 Å². The van der Waals surface area contributed by atoms with Crippen LogP contribution < -0.4 is 0 Å². The molecular formula is C20H27NO. The second-order valence-corrected chi connectivity index (χ2v) is 7.05. The molecule has 3 rings (SSSR count). The minimum Gasteiger partial charge on any atom is -0.360 e. The van der Waals surface area contributed by atoms with Gasteiger partial charge in [-0.05, 0) is 37.0 Å². The Kier molecular flexibility index (Phi) is 4.66. The highest BCUT2D eigenvalue weighted by Gasteiger charge is 2.19. The van der Waals surface area contributed by atoms with Crippen molar-refractivity contribution in [2.75, 3.05) is 0 Å². The molecule has 0 amide bonds. The lowest BCUT2D eigenvalue weighted by Gasteiger charge is -2.18. The molecule has 2 aromatic rings. The molecule has 0 atom stereocenters. The van der Waals surface area contributed by atoms with E-state index in [1.54, 1.807) is 0 Å². The van der Waals surface area contributed by atoms with Crippen molar-refractivity contribution in [3.8, 4) is 0 Å². The fraction of sp³-hybridized carbons (Fsp3) is 0.550. The first-order chi connectivity index (χ1) is 10.6. The average Bonchev–Trinajstić information content (AvgIpc) is 2.85. The summed E-state index contributed by atoms with van der Waals surface area (Å²) in [4.78, 5) is 16.1. The molecule has 1 aliphatic carbocycles. The van der Waals surface area contributed by atoms with Gasteiger partial charge in [-0.3, -0.25) is 4.79 Å². The predicted molar refractivity (Wildman–Crippen MR) is 92.5 cm³/mol. The molecule has 22 heavy (non-hydrogen) atoms. The molecule has 0 unspecified atom stereocenters. The smallest absolute Gasteiger partial charge is 0.165 e. The van der Waals surface area contributed by atoms with Crippen molar-refractivity contribution in [2.45, 2.75) is 65.2 Å². The number of H-pyrrole nitrogens is 1. The number of rotatable bonds is 3. The molecule has 1 heterocycles. The molecule has 0 saturated heterocycles. The van der Waals surface area contributed by atoms with Gasteiger partial charge in [0, 0.05) is 29.1 Å².